The fourth-order valence-electron chi connectivity index (χ4n) is 1.62. The molecular weight excluding hydrogens is 166 g/mol. The van der Waals surface area contributed by atoms with Gasteiger partial charge in [0.05, 0.1) is 5.92 Å². The Bertz CT molecular complexity index is 335. The lowest BCUT2D eigenvalue weighted by atomic mass is 9.94. The minimum absolute atomic E-state index is 0.283. The monoisotopic (exact) mass is 177 g/mol. The molecule has 2 N–H and O–H groups in total. The van der Waals surface area contributed by atoms with Crippen molar-refractivity contribution in [2.45, 2.75) is 6.42 Å². The lowest BCUT2D eigenvalue weighted by molar-refractivity contribution is -0.141. The summed E-state index contributed by atoms with van der Waals surface area (Å²) in [5.74, 6) is -1.00. The summed E-state index contributed by atoms with van der Waals surface area (Å²) in [4.78, 5) is 10.7. The standard InChI is InChI=1S/C10H11NO2/c12-10(13)8-5-7-3-1-2-4-9(7)11-6-8/h1-4,8,11H,5-6H2,(H,12,13). The van der Waals surface area contributed by atoms with E-state index in [1.807, 2.05) is 24.3 Å². The van der Waals surface area contributed by atoms with Crippen molar-refractivity contribution >= 4 is 11.7 Å². The van der Waals surface area contributed by atoms with Gasteiger partial charge in [0.25, 0.3) is 0 Å². The van der Waals surface area contributed by atoms with Gasteiger partial charge >= 0.3 is 5.97 Å². The molecule has 68 valence electrons. The summed E-state index contributed by atoms with van der Waals surface area (Å²) in [6, 6.07) is 7.84. The molecule has 0 saturated carbocycles. The summed E-state index contributed by atoms with van der Waals surface area (Å²) in [6.45, 7) is 0.534. The van der Waals surface area contributed by atoms with Crippen molar-refractivity contribution in [3.8, 4) is 0 Å². The number of benzene rings is 1. The maximum atomic E-state index is 10.7. The van der Waals surface area contributed by atoms with Crippen LogP contribution in [0.4, 0.5) is 5.69 Å². The van der Waals surface area contributed by atoms with E-state index in [2.05, 4.69) is 5.32 Å². The number of anilines is 1. The van der Waals surface area contributed by atoms with Gasteiger partial charge in [-0.1, -0.05) is 18.2 Å². The number of rotatable bonds is 1. The van der Waals surface area contributed by atoms with Crippen LogP contribution in [0.2, 0.25) is 0 Å². The van der Waals surface area contributed by atoms with Crippen molar-refractivity contribution in [2.24, 2.45) is 5.92 Å². The van der Waals surface area contributed by atoms with Crippen molar-refractivity contribution < 1.29 is 9.90 Å². The fraction of sp³-hybridized carbons (Fsp3) is 0.300. The highest BCUT2D eigenvalue weighted by Gasteiger charge is 2.23. The molecule has 0 bridgehead atoms. The number of fused-ring (bicyclic) bond motifs is 1. The Morgan fingerprint density at radius 1 is 1.46 bits per heavy atom. The van der Waals surface area contributed by atoms with Crippen molar-refractivity contribution in [1.29, 1.82) is 0 Å². The normalized spacial score (nSPS) is 20.2. The van der Waals surface area contributed by atoms with E-state index in [9.17, 15) is 4.79 Å². The summed E-state index contributed by atoms with van der Waals surface area (Å²) in [5, 5.41) is 11.9. The van der Waals surface area contributed by atoms with Crippen LogP contribution in [0.3, 0.4) is 0 Å². The van der Waals surface area contributed by atoms with Crippen LogP contribution in [0.5, 0.6) is 0 Å². The molecule has 1 aliphatic rings. The van der Waals surface area contributed by atoms with E-state index in [-0.39, 0.29) is 5.92 Å². The fourth-order valence-corrected chi connectivity index (χ4v) is 1.62. The van der Waals surface area contributed by atoms with E-state index in [1.165, 1.54) is 0 Å². The van der Waals surface area contributed by atoms with Crippen LogP contribution in [0.1, 0.15) is 5.56 Å². The molecule has 1 heterocycles. The first-order chi connectivity index (χ1) is 6.27. The predicted molar refractivity (Wildman–Crippen MR) is 49.8 cm³/mol. The number of carbonyl (C=O) groups is 1. The molecule has 1 atom stereocenters. The Morgan fingerprint density at radius 2 is 2.23 bits per heavy atom. The van der Waals surface area contributed by atoms with Crippen molar-refractivity contribution in [2.75, 3.05) is 11.9 Å². The van der Waals surface area contributed by atoms with E-state index >= 15 is 0 Å². The van der Waals surface area contributed by atoms with Gasteiger partial charge in [0.2, 0.25) is 0 Å². The molecule has 1 aromatic rings. The third-order valence-electron chi connectivity index (χ3n) is 2.37. The first kappa shape index (κ1) is 8.10. The first-order valence-electron chi connectivity index (χ1n) is 4.32. The van der Waals surface area contributed by atoms with Gasteiger partial charge in [0, 0.05) is 12.2 Å². The number of carboxylic acid groups (broad SMARTS) is 1. The zero-order valence-corrected chi connectivity index (χ0v) is 7.16. The number of hydrogen-bond acceptors (Lipinski definition) is 2. The van der Waals surface area contributed by atoms with E-state index in [4.69, 9.17) is 5.11 Å². The molecule has 1 aromatic carbocycles. The minimum Gasteiger partial charge on any atom is -0.481 e. The molecule has 2 rings (SSSR count). The van der Waals surface area contributed by atoms with Gasteiger partial charge in [-0.15, -0.1) is 0 Å². The molecule has 0 radical (unpaired) electrons. The van der Waals surface area contributed by atoms with Crippen LogP contribution in [0.25, 0.3) is 0 Å². The Morgan fingerprint density at radius 3 is 3.00 bits per heavy atom. The molecule has 0 spiro atoms. The summed E-state index contributed by atoms with van der Waals surface area (Å²) in [7, 11) is 0. The molecule has 1 aliphatic heterocycles. The maximum Gasteiger partial charge on any atom is 0.308 e. The molecule has 0 amide bonds. The number of carboxylic acids is 1. The second-order valence-corrected chi connectivity index (χ2v) is 3.28. The van der Waals surface area contributed by atoms with Gasteiger partial charge in [-0.3, -0.25) is 4.79 Å². The van der Waals surface area contributed by atoms with Gasteiger partial charge in [-0.2, -0.15) is 0 Å². The van der Waals surface area contributed by atoms with Gasteiger partial charge < -0.3 is 10.4 Å². The predicted octanol–water partition coefficient (Wildman–Crippen LogP) is 1.36. The summed E-state index contributed by atoms with van der Waals surface area (Å²) < 4.78 is 0. The third-order valence-corrected chi connectivity index (χ3v) is 2.37. The third kappa shape index (κ3) is 1.49. The van der Waals surface area contributed by atoms with Crippen LogP contribution in [0.15, 0.2) is 24.3 Å². The molecule has 3 heteroatoms. The Hall–Kier alpha value is -1.51. The van der Waals surface area contributed by atoms with Crippen molar-refractivity contribution in [1.82, 2.24) is 0 Å². The van der Waals surface area contributed by atoms with Crippen LogP contribution < -0.4 is 5.32 Å². The Kier molecular flexibility index (Phi) is 1.93. The topological polar surface area (TPSA) is 49.3 Å². The second kappa shape index (κ2) is 3.09. The summed E-state index contributed by atoms with van der Waals surface area (Å²) in [5.41, 5.74) is 2.17. The zero-order chi connectivity index (χ0) is 9.26. The molecular formula is C10H11NO2. The van der Waals surface area contributed by atoms with Crippen LogP contribution >= 0.6 is 0 Å². The van der Waals surface area contributed by atoms with Crippen LogP contribution in [-0.2, 0) is 11.2 Å². The molecule has 3 nitrogen and oxygen atoms in total. The van der Waals surface area contributed by atoms with Gasteiger partial charge in [0.15, 0.2) is 0 Å². The molecule has 0 saturated heterocycles. The smallest absolute Gasteiger partial charge is 0.308 e. The van der Waals surface area contributed by atoms with E-state index in [0.717, 1.165) is 11.3 Å². The van der Waals surface area contributed by atoms with Crippen molar-refractivity contribution in [3.63, 3.8) is 0 Å². The quantitative estimate of drug-likeness (QED) is 0.680. The summed E-state index contributed by atoms with van der Waals surface area (Å²) in [6.07, 6.45) is 0.637. The highest BCUT2D eigenvalue weighted by Crippen LogP contribution is 2.23. The largest absolute Gasteiger partial charge is 0.481 e. The number of nitrogens with one attached hydrogen (secondary N) is 1. The second-order valence-electron chi connectivity index (χ2n) is 3.28. The van der Waals surface area contributed by atoms with E-state index < -0.39 is 5.97 Å². The van der Waals surface area contributed by atoms with Gasteiger partial charge in [-0.05, 0) is 18.1 Å². The minimum atomic E-state index is -0.720. The van der Waals surface area contributed by atoms with Crippen molar-refractivity contribution in [3.05, 3.63) is 29.8 Å². The van der Waals surface area contributed by atoms with Crippen LogP contribution in [-0.4, -0.2) is 17.6 Å². The number of aliphatic carboxylic acids is 1. The van der Waals surface area contributed by atoms with E-state index in [1.54, 1.807) is 0 Å². The molecule has 0 fully saturated rings. The average molecular weight is 177 g/mol. The molecule has 13 heavy (non-hydrogen) atoms. The SMILES string of the molecule is O=C(O)C1CNc2ccccc2C1. The first-order valence-corrected chi connectivity index (χ1v) is 4.32. The highest BCUT2D eigenvalue weighted by atomic mass is 16.4. The maximum absolute atomic E-state index is 10.7. The lowest BCUT2D eigenvalue weighted by Crippen LogP contribution is -2.29. The Balaban J connectivity index is 2.24. The van der Waals surface area contributed by atoms with Crippen LogP contribution in [0, 0.1) is 5.92 Å². The number of hydrogen-bond donors (Lipinski definition) is 2. The highest BCUT2D eigenvalue weighted by molar-refractivity contribution is 5.73. The number of para-hydroxylation sites is 1. The summed E-state index contributed by atoms with van der Waals surface area (Å²) >= 11 is 0. The molecule has 1 unspecified atom stereocenters. The Labute approximate surface area is 76.4 Å². The average Bonchev–Trinajstić information content (AvgIpc) is 2.17. The molecule has 0 aromatic heterocycles. The molecule has 0 aliphatic carbocycles. The van der Waals surface area contributed by atoms with Gasteiger partial charge in [-0.25, -0.2) is 0 Å². The lowest BCUT2D eigenvalue weighted by Gasteiger charge is -2.22. The van der Waals surface area contributed by atoms with E-state index in [0.29, 0.717) is 13.0 Å². The zero-order valence-electron chi connectivity index (χ0n) is 7.16. The van der Waals surface area contributed by atoms with Gasteiger partial charge in [0.1, 0.15) is 0 Å².